The van der Waals surface area contributed by atoms with Crippen LogP contribution in [0.25, 0.3) is 5.69 Å². The predicted octanol–water partition coefficient (Wildman–Crippen LogP) is 2.21. The number of rotatable bonds is 5. The van der Waals surface area contributed by atoms with E-state index < -0.39 is 0 Å². The van der Waals surface area contributed by atoms with Crippen molar-refractivity contribution in [1.82, 2.24) is 19.7 Å². The minimum Gasteiger partial charge on any atom is -0.378 e. The molecule has 0 bridgehead atoms. The van der Waals surface area contributed by atoms with Gasteiger partial charge in [-0.2, -0.15) is 0 Å². The number of amides is 1. The Bertz CT molecular complexity index is 770. The molecule has 1 aromatic heterocycles. The molecule has 1 amide bonds. The van der Waals surface area contributed by atoms with E-state index in [-0.39, 0.29) is 11.2 Å². The molecule has 0 radical (unpaired) electrons. The standard InChI is InChI=1S/C19H25N5O2S/c1-15(17(25)22-9-5-6-10-22)27-19-21-20-18(23-11-13-26-14-12-23)24(19)16-7-3-2-4-8-16/h2-4,7-8,15H,5-6,9-14H2,1H3. The number of likely N-dealkylation sites (tertiary alicyclic amines) is 1. The number of benzene rings is 1. The lowest BCUT2D eigenvalue weighted by atomic mass is 10.3. The van der Waals surface area contributed by atoms with Gasteiger partial charge in [-0.3, -0.25) is 9.36 Å². The average Bonchev–Trinajstić information content (AvgIpc) is 3.39. The summed E-state index contributed by atoms with van der Waals surface area (Å²) in [5.74, 6) is 1.00. The molecule has 2 aliphatic heterocycles. The summed E-state index contributed by atoms with van der Waals surface area (Å²) in [4.78, 5) is 16.9. The lowest BCUT2D eigenvalue weighted by molar-refractivity contribution is -0.129. The average molecular weight is 388 g/mol. The van der Waals surface area contributed by atoms with E-state index in [1.165, 1.54) is 11.8 Å². The van der Waals surface area contributed by atoms with E-state index in [0.717, 1.165) is 55.8 Å². The van der Waals surface area contributed by atoms with Crippen LogP contribution in [0.2, 0.25) is 0 Å². The first kappa shape index (κ1) is 18.3. The van der Waals surface area contributed by atoms with Crippen LogP contribution in [0.3, 0.4) is 0 Å². The topological polar surface area (TPSA) is 63.5 Å². The number of ether oxygens (including phenoxy) is 1. The van der Waals surface area contributed by atoms with Crippen molar-refractivity contribution in [3.05, 3.63) is 30.3 Å². The molecule has 3 heterocycles. The number of carbonyl (C=O) groups excluding carboxylic acids is 1. The second-order valence-corrected chi connectivity index (χ2v) is 8.15. The minimum atomic E-state index is -0.188. The van der Waals surface area contributed by atoms with E-state index in [4.69, 9.17) is 4.74 Å². The lowest BCUT2D eigenvalue weighted by Gasteiger charge is -2.28. The second-order valence-electron chi connectivity index (χ2n) is 6.85. The van der Waals surface area contributed by atoms with Crippen LogP contribution in [0, 0.1) is 0 Å². The van der Waals surface area contributed by atoms with Crippen molar-refractivity contribution in [3.63, 3.8) is 0 Å². The molecule has 0 saturated carbocycles. The maximum atomic E-state index is 12.7. The largest absolute Gasteiger partial charge is 0.378 e. The Hall–Kier alpha value is -2.06. The quantitative estimate of drug-likeness (QED) is 0.733. The zero-order valence-corrected chi connectivity index (χ0v) is 16.4. The fraction of sp³-hybridized carbons (Fsp3) is 0.526. The fourth-order valence-corrected chi connectivity index (χ4v) is 4.46. The summed E-state index contributed by atoms with van der Waals surface area (Å²) in [7, 11) is 0. The van der Waals surface area contributed by atoms with Crippen LogP contribution in [0.5, 0.6) is 0 Å². The molecule has 7 nitrogen and oxygen atoms in total. The van der Waals surface area contributed by atoms with Gasteiger partial charge in [-0.1, -0.05) is 30.0 Å². The SMILES string of the molecule is CC(Sc1nnc(N2CCOCC2)n1-c1ccccc1)C(=O)N1CCCC1. The highest BCUT2D eigenvalue weighted by atomic mass is 32.2. The highest BCUT2D eigenvalue weighted by molar-refractivity contribution is 8.00. The van der Waals surface area contributed by atoms with Gasteiger partial charge in [0.05, 0.1) is 24.2 Å². The smallest absolute Gasteiger partial charge is 0.235 e. The van der Waals surface area contributed by atoms with E-state index in [9.17, 15) is 4.79 Å². The van der Waals surface area contributed by atoms with Gasteiger partial charge in [0.2, 0.25) is 11.9 Å². The summed E-state index contributed by atoms with van der Waals surface area (Å²) < 4.78 is 7.53. The Morgan fingerprint density at radius 2 is 1.78 bits per heavy atom. The van der Waals surface area contributed by atoms with Crippen LogP contribution in [-0.4, -0.2) is 70.2 Å². The number of nitrogens with zero attached hydrogens (tertiary/aromatic N) is 5. The molecule has 1 atom stereocenters. The molecule has 27 heavy (non-hydrogen) atoms. The van der Waals surface area contributed by atoms with E-state index in [1.807, 2.05) is 42.2 Å². The van der Waals surface area contributed by atoms with Crippen LogP contribution in [0.15, 0.2) is 35.5 Å². The van der Waals surface area contributed by atoms with Gasteiger partial charge < -0.3 is 14.5 Å². The van der Waals surface area contributed by atoms with Crippen molar-refractivity contribution in [2.45, 2.75) is 30.2 Å². The highest BCUT2D eigenvalue weighted by Crippen LogP contribution is 2.30. The fourth-order valence-electron chi connectivity index (χ4n) is 3.51. The Kier molecular flexibility index (Phi) is 5.63. The van der Waals surface area contributed by atoms with Gasteiger partial charge in [0, 0.05) is 26.2 Å². The first-order chi connectivity index (χ1) is 13.2. The van der Waals surface area contributed by atoms with Gasteiger partial charge in [0.1, 0.15) is 0 Å². The first-order valence-corrected chi connectivity index (χ1v) is 10.4. The van der Waals surface area contributed by atoms with E-state index >= 15 is 0 Å². The third kappa shape index (κ3) is 3.96. The molecule has 0 N–H and O–H groups in total. The molecule has 1 unspecified atom stereocenters. The van der Waals surface area contributed by atoms with Crippen molar-refractivity contribution < 1.29 is 9.53 Å². The number of para-hydroxylation sites is 1. The number of anilines is 1. The van der Waals surface area contributed by atoms with Crippen molar-refractivity contribution in [2.24, 2.45) is 0 Å². The summed E-state index contributed by atoms with van der Waals surface area (Å²) in [6, 6.07) is 10.1. The van der Waals surface area contributed by atoms with Gasteiger partial charge in [0.25, 0.3) is 0 Å². The Morgan fingerprint density at radius 3 is 2.48 bits per heavy atom. The first-order valence-electron chi connectivity index (χ1n) is 9.53. The lowest BCUT2D eigenvalue weighted by Crippen LogP contribution is -2.38. The van der Waals surface area contributed by atoms with Crippen LogP contribution < -0.4 is 4.90 Å². The summed E-state index contributed by atoms with van der Waals surface area (Å²) in [6.45, 7) is 6.66. The van der Waals surface area contributed by atoms with Crippen LogP contribution in [-0.2, 0) is 9.53 Å². The Morgan fingerprint density at radius 1 is 1.07 bits per heavy atom. The summed E-state index contributed by atoms with van der Waals surface area (Å²) in [5.41, 5.74) is 1.01. The maximum absolute atomic E-state index is 12.7. The summed E-state index contributed by atoms with van der Waals surface area (Å²) in [6.07, 6.45) is 2.20. The molecule has 2 aromatic rings. The van der Waals surface area contributed by atoms with Gasteiger partial charge in [0.15, 0.2) is 5.16 Å². The van der Waals surface area contributed by atoms with Crippen molar-refractivity contribution >= 4 is 23.6 Å². The van der Waals surface area contributed by atoms with E-state index in [2.05, 4.69) is 19.7 Å². The molecule has 0 spiro atoms. The second kappa shape index (κ2) is 8.31. The number of hydrogen-bond acceptors (Lipinski definition) is 6. The summed E-state index contributed by atoms with van der Waals surface area (Å²) >= 11 is 1.49. The molecule has 2 aliphatic rings. The minimum absolute atomic E-state index is 0.188. The monoisotopic (exact) mass is 387 g/mol. The molecule has 144 valence electrons. The molecule has 1 aromatic carbocycles. The van der Waals surface area contributed by atoms with Crippen LogP contribution in [0.1, 0.15) is 19.8 Å². The van der Waals surface area contributed by atoms with E-state index in [1.54, 1.807) is 0 Å². The number of thioether (sulfide) groups is 1. The Balaban J connectivity index is 1.61. The highest BCUT2D eigenvalue weighted by Gasteiger charge is 2.28. The normalized spacial score (nSPS) is 18.7. The Labute approximate surface area is 163 Å². The number of hydrogen-bond donors (Lipinski definition) is 0. The third-order valence-electron chi connectivity index (χ3n) is 4.97. The third-order valence-corrected chi connectivity index (χ3v) is 6.00. The molecular weight excluding hydrogens is 362 g/mol. The van der Waals surface area contributed by atoms with Gasteiger partial charge in [-0.05, 0) is 31.9 Å². The van der Waals surface area contributed by atoms with Crippen molar-refractivity contribution in [1.29, 1.82) is 0 Å². The number of morpholine rings is 1. The molecule has 4 rings (SSSR count). The van der Waals surface area contributed by atoms with Gasteiger partial charge in [-0.25, -0.2) is 0 Å². The molecule has 0 aliphatic carbocycles. The summed E-state index contributed by atoms with van der Waals surface area (Å²) in [5, 5.41) is 9.47. The maximum Gasteiger partial charge on any atom is 0.235 e. The molecular formula is C19H25N5O2S. The molecule has 8 heteroatoms. The molecule has 2 fully saturated rings. The van der Waals surface area contributed by atoms with Crippen molar-refractivity contribution in [2.75, 3.05) is 44.3 Å². The zero-order valence-electron chi connectivity index (χ0n) is 15.6. The van der Waals surface area contributed by atoms with Crippen LogP contribution >= 0.6 is 11.8 Å². The van der Waals surface area contributed by atoms with Gasteiger partial charge in [-0.15, -0.1) is 10.2 Å². The van der Waals surface area contributed by atoms with Gasteiger partial charge >= 0.3 is 0 Å². The number of aromatic nitrogens is 3. The predicted molar refractivity (Wildman–Crippen MR) is 106 cm³/mol. The van der Waals surface area contributed by atoms with Crippen LogP contribution in [0.4, 0.5) is 5.95 Å². The molecule has 2 saturated heterocycles. The number of carbonyl (C=O) groups is 1. The zero-order chi connectivity index (χ0) is 18.6. The van der Waals surface area contributed by atoms with E-state index in [0.29, 0.717) is 13.2 Å². The van der Waals surface area contributed by atoms with Crippen molar-refractivity contribution in [3.8, 4) is 5.69 Å².